The molecular formula is C23H29N7O3S. The van der Waals surface area contributed by atoms with Gasteiger partial charge in [-0.25, -0.2) is 28.8 Å². The van der Waals surface area contributed by atoms with Crippen LogP contribution in [0, 0.1) is 0 Å². The first kappa shape index (κ1) is 24.1. The van der Waals surface area contributed by atoms with E-state index in [9.17, 15) is 13.6 Å². The van der Waals surface area contributed by atoms with E-state index in [1.54, 1.807) is 30.9 Å². The summed E-state index contributed by atoms with van der Waals surface area (Å²) in [6, 6.07) is 10.9. The highest BCUT2D eigenvalue weighted by atomic mass is 32.2. The minimum absolute atomic E-state index is 0.157. The third-order valence-electron chi connectivity index (χ3n) is 5.83. The van der Waals surface area contributed by atoms with Gasteiger partial charge in [0.15, 0.2) is 0 Å². The predicted molar refractivity (Wildman–Crippen MR) is 129 cm³/mol. The number of aromatic nitrogens is 4. The first-order valence-corrected chi connectivity index (χ1v) is 12.9. The van der Waals surface area contributed by atoms with Crippen LogP contribution in [0.3, 0.4) is 0 Å². The van der Waals surface area contributed by atoms with Gasteiger partial charge in [-0.2, -0.15) is 4.31 Å². The number of rotatable bonds is 10. The predicted octanol–water partition coefficient (Wildman–Crippen LogP) is 1.76. The van der Waals surface area contributed by atoms with Crippen LogP contribution in [0.15, 0.2) is 61.2 Å². The summed E-state index contributed by atoms with van der Waals surface area (Å²) in [5, 5.41) is 9.50. The Morgan fingerprint density at radius 3 is 2.35 bits per heavy atom. The molecule has 0 aromatic carbocycles. The number of nitrogens with zero attached hydrogens (tertiary/aromatic N) is 6. The van der Waals surface area contributed by atoms with Crippen LogP contribution in [-0.4, -0.2) is 75.8 Å². The summed E-state index contributed by atoms with van der Waals surface area (Å²) in [5.74, 6) is 1.37. The van der Waals surface area contributed by atoms with Gasteiger partial charge in [-0.1, -0.05) is 6.07 Å². The van der Waals surface area contributed by atoms with Crippen molar-refractivity contribution in [2.75, 3.05) is 36.8 Å². The van der Waals surface area contributed by atoms with Crippen molar-refractivity contribution in [3.8, 4) is 11.3 Å². The average molecular weight is 484 g/mol. The van der Waals surface area contributed by atoms with Gasteiger partial charge in [0.05, 0.1) is 11.4 Å². The standard InChI is InChI=1S/C23H29N7O3S/c31-28-20(5-3-7-22-25-11-4-12-26-22)18-34(32,33)30-15-13-29(14-16-30)23-9-8-19(17-27-23)21-6-1-2-10-24-21/h1-2,4,6,8-12,17,20,28,31H,3,5,7,13-16,18H2. The van der Waals surface area contributed by atoms with Gasteiger partial charge in [-0.15, -0.1) is 0 Å². The first-order chi connectivity index (χ1) is 16.5. The number of nitrogens with one attached hydrogen (secondary N) is 1. The van der Waals surface area contributed by atoms with Gasteiger partial charge in [0.1, 0.15) is 11.6 Å². The van der Waals surface area contributed by atoms with Gasteiger partial charge < -0.3 is 10.1 Å². The lowest BCUT2D eigenvalue weighted by atomic mass is 10.1. The summed E-state index contributed by atoms with van der Waals surface area (Å²) in [7, 11) is -3.51. The Balaban J connectivity index is 1.27. The van der Waals surface area contributed by atoms with Crippen LogP contribution in [-0.2, 0) is 16.4 Å². The lowest BCUT2D eigenvalue weighted by Crippen LogP contribution is -2.51. The van der Waals surface area contributed by atoms with E-state index in [0.29, 0.717) is 51.3 Å². The summed E-state index contributed by atoms with van der Waals surface area (Å²) >= 11 is 0. The lowest BCUT2D eigenvalue weighted by molar-refractivity contribution is 0.128. The van der Waals surface area contributed by atoms with Gasteiger partial charge in [-0.05, 0) is 43.2 Å². The van der Waals surface area contributed by atoms with E-state index in [1.165, 1.54) is 4.31 Å². The molecule has 1 saturated heterocycles. The molecule has 3 aromatic rings. The van der Waals surface area contributed by atoms with Crippen LogP contribution < -0.4 is 10.4 Å². The number of pyridine rings is 2. The van der Waals surface area contributed by atoms with Crippen molar-refractivity contribution in [2.24, 2.45) is 0 Å². The highest BCUT2D eigenvalue weighted by Gasteiger charge is 2.29. The van der Waals surface area contributed by atoms with Crippen molar-refractivity contribution in [3.05, 3.63) is 67.0 Å². The summed E-state index contributed by atoms with van der Waals surface area (Å²) in [5.41, 5.74) is 3.96. The van der Waals surface area contributed by atoms with Crippen LogP contribution in [0.5, 0.6) is 0 Å². The van der Waals surface area contributed by atoms with E-state index in [2.05, 4.69) is 30.3 Å². The second-order valence-electron chi connectivity index (χ2n) is 8.17. The molecule has 1 aliphatic rings. The van der Waals surface area contributed by atoms with Crippen LogP contribution in [0.2, 0.25) is 0 Å². The Kier molecular flexibility index (Phi) is 8.12. The second kappa shape index (κ2) is 11.4. The number of hydrogen-bond acceptors (Lipinski definition) is 9. The summed E-state index contributed by atoms with van der Waals surface area (Å²) < 4.78 is 27.4. The highest BCUT2D eigenvalue weighted by Crippen LogP contribution is 2.21. The van der Waals surface area contributed by atoms with Gasteiger partial charge in [0.25, 0.3) is 0 Å². The number of piperazine rings is 1. The maximum Gasteiger partial charge on any atom is 0.215 e. The molecule has 4 rings (SSSR count). The summed E-state index contributed by atoms with van der Waals surface area (Å²) in [6.07, 6.45) is 8.70. The first-order valence-electron chi connectivity index (χ1n) is 11.3. The van der Waals surface area contributed by atoms with Crippen molar-refractivity contribution in [1.82, 2.24) is 29.7 Å². The Morgan fingerprint density at radius 2 is 1.71 bits per heavy atom. The molecule has 0 amide bonds. The minimum atomic E-state index is -3.51. The molecule has 0 aliphatic carbocycles. The van der Waals surface area contributed by atoms with E-state index in [1.807, 2.05) is 30.3 Å². The third-order valence-corrected chi connectivity index (χ3v) is 7.81. The topological polar surface area (TPSA) is 124 Å². The van der Waals surface area contributed by atoms with Crippen LogP contribution in [0.25, 0.3) is 11.3 Å². The molecule has 1 atom stereocenters. The second-order valence-corrected chi connectivity index (χ2v) is 10.2. The fourth-order valence-electron chi connectivity index (χ4n) is 3.96. The summed E-state index contributed by atoms with van der Waals surface area (Å²) in [6.45, 7) is 1.86. The van der Waals surface area contributed by atoms with E-state index in [4.69, 9.17) is 0 Å². The number of anilines is 1. The average Bonchev–Trinajstić information content (AvgIpc) is 2.89. The summed E-state index contributed by atoms with van der Waals surface area (Å²) in [4.78, 5) is 19.3. The van der Waals surface area contributed by atoms with Gasteiger partial charge in [0, 0.05) is 69.0 Å². The molecule has 0 radical (unpaired) electrons. The number of hydroxylamine groups is 1. The molecule has 4 heterocycles. The normalized spacial score (nSPS) is 15.9. The molecule has 1 aliphatic heterocycles. The molecule has 180 valence electrons. The van der Waals surface area contributed by atoms with Gasteiger partial charge >= 0.3 is 0 Å². The third kappa shape index (κ3) is 6.32. The number of hydrogen-bond donors (Lipinski definition) is 2. The molecule has 11 heteroatoms. The SMILES string of the molecule is O=S(=O)(CC(CCCc1ncccn1)NO)N1CCN(c2ccc(-c3ccccn3)cn2)CC1. The van der Waals surface area contributed by atoms with Crippen LogP contribution in [0.4, 0.5) is 5.82 Å². The zero-order valence-electron chi connectivity index (χ0n) is 18.9. The van der Waals surface area contributed by atoms with Crippen molar-refractivity contribution in [2.45, 2.75) is 25.3 Å². The van der Waals surface area contributed by atoms with E-state index in [-0.39, 0.29) is 5.75 Å². The van der Waals surface area contributed by atoms with Crippen molar-refractivity contribution in [1.29, 1.82) is 0 Å². The molecule has 3 aromatic heterocycles. The monoisotopic (exact) mass is 483 g/mol. The zero-order chi connectivity index (χ0) is 23.8. The maximum absolute atomic E-state index is 12.9. The maximum atomic E-state index is 12.9. The smallest absolute Gasteiger partial charge is 0.215 e. The number of aryl methyl sites for hydroxylation is 1. The fraction of sp³-hybridized carbons (Fsp3) is 0.391. The van der Waals surface area contributed by atoms with E-state index in [0.717, 1.165) is 17.1 Å². The van der Waals surface area contributed by atoms with Crippen LogP contribution >= 0.6 is 0 Å². The lowest BCUT2D eigenvalue weighted by Gasteiger charge is -2.35. The molecule has 34 heavy (non-hydrogen) atoms. The molecule has 0 spiro atoms. The Bertz CT molecular complexity index is 1120. The Morgan fingerprint density at radius 1 is 0.941 bits per heavy atom. The van der Waals surface area contributed by atoms with E-state index < -0.39 is 16.1 Å². The van der Waals surface area contributed by atoms with Crippen molar-refractivity contribution in [3.63, 3.8) is 0 Å². The molecule has 1 unspecified atom stereocenters. The highest BCUT2D eigenvalue weighted by molar-refractivity contribution is 7.89. The Labute approximate surface area is 199 Å². The van der Waals surface area contributed by atoms with E-state index >= 15 is 0 Å². The van der Waals surface area contributed by atoms with Crippen LogP contribution in [0.1, 0.15) is 18.7 Å². The van der Waals surface area contributed by atoms with Gasteiger partial charge in [0.2, 0.25) is 10.0 Å². The largest absolute Gasteiger partial charge is 0.354 e. The molecule has 10 nitrogen and oxygen atoms in total. The molecule has 1 fully saturated rings. The number of sulfonamides is 1. The van der Waals surface area contributed by atoms with Crippen molar-refractivity contribution >= 4 is 15.8 Å². The van der Waals surface area contributed by atoms with Crippen molar-refractivity contribution < 1.29 is 13.6 Å². The fourth-order valence-corrected chi connectivity index (χ4v) is 5.64. The molecule has 2 N–H and O–H groups in total. The quantitative estimate of drug-likeness (QED) is 0.415. The molecular weight excluding hydrogens is 454 g/mol. The van der Waals surface area contributed by atoms with Gasteiger partial charge in [-0.3, -0.25) is 4.98 Å². The Hall–Kier alpha value is -2.99. The molecule has 0 bridgehead atoms. The minimum Gasteiger partial charge on any atom is -0.354 e. The zero-order valence-corrected chi connectivity index (χ0v) is 19.7. The molecule has 0 saturated carbocycles.